The summed E-state index contributed by atoms with van der Waals surface area (Å²) in [5, 5.41) is 5.08. The minimum Gasteiger partial charge on any atom is -0.343 e. The second-order valence-corrected chi connectivity index (χ2v) is 5.93. The van der Waals surface area contributed by atoms with Crippen LogP contribution in [0, 0.1) is 0 Å². The van der Waals surface area contributed by atoms with E-state index in [4.69, 9.17) is 0 Å². The molecule has 7 heteroatoms. The van der Waals surface area contributed by atoms with Crippen LogP contribution in [-0.4, -0.2) is 66.4 Å². The lowest BCUT2D eigenvalue weighted by Crippen LogP contribution is -2.49. The van der Waals surface area contributed by atoms with Crippen molar-refractivity contribution in [1.82, 2.24) is 20.4 Å². The van der Waals surface area contributed by atoms with E-state index in [9.17, 15) is 14.4 Å². The molecular weight excluding hydrogens is 272 g/mol. The van der Waals surface area contributed by atoms with E-state index in [1.54, 1.807) is 11.8 Å². The van der Waals surface area contributed by atoms with Crippen LogP contribution < -0.4 is 10.6 Å². The minimum atomic E-state index is -0.395. The Labute approximate surface area is 125 Å². The summed E-state index contributed by atoms with van der Waals surface area (Å²) in [5.41, 5.74) is 0. The number of piperidine rings is 1. The van der Waals surface area contributed by atoms with Crippen LogP contribution in [0.25, 0.3) is 0 Å². The molecule has 2 N–H and O–H groups in total. The van der Waals surface area contributed by atoms with Crippen molar-refractivity contribution in [2.75, 3.05) is 26.7 Å². The Morgan fingerprint density at radius 2 is 1.76 bits per heavy atom. The van der Waals surface area contributed by atoms with Gasteiger partial charge in [-0.1, -0.05) is 0 Å². The van der Waals surface area contributed by atoms with Gasteiger partial charge in [0.05, 0.1) is 6.54 Å². The molecule has 4 amide bonds. The summed E-state index contributed by atoms with van der Waals surface area (Å²) in [6.45, 7) is 3.33. The molecule has 1 aliphatic carbocycles. The maximum Gasteiger partial charge on any atom is 0.321 e. The van der Waals surface area contributed by atoms with Crippen LogP contribution in [0.5, 0.6) is 0 Å². The summed E-state index contributed by atoms with van der Waals surface area (Å²) in [6, 6.07) is 0.101. The fourth-order valence-corrected chi connectivity index (χ4v) is 2.54. The Balaban J connectivity index is 1.66. The molecule has 118 valence electrons. The molecule has 1 saturated carbocycles. The summed E-state index contributed by atoms with van der Waals surface area (Å²) in [4.78, 5) is 38.3. The highest BCUT2D eigenvalue weighted by Gasteiger charge is 2.26. The number of nitrogens with zero attached hydrogens (tertiary/aromatic N) is 2. The SMILES string of the molecule is CC(=O)N(C)C1CCN(CC(=O)NC(=O)NC2CC2)CC1. The Morgan fingerprint density at radius 3 is 2.29 bits per heavy atom. The molecule has 0 unspecified atom stereocenters. The zero-order valence-electron chi connectivity index (χ0n) is 12.7. The van der Waals surface area contributed by atoms with Crippen LogP contribution in [-0.2, 0) is 9.59 Å². The molecule has 2 fully saturated rings. The Morgan fingerprint density at radius 1 is 1.14 bits per heavy atom. The largest absolute Gasteiger partial charge is 0.343 e. The fraction of sp³-hybridized carbons (Fsp3) is 0.786. The zero-order chi connectivity index (χ0) is 15.4. The molecule has 0 aromatic heterocycles. The van der Waals surface area contributed by atoms with Gasteiger partial charge in [-0.05, 0) is 25.7 Å². The predicted molar refractivity (Wildman–Crippen MR) is 77.6 cm³/mol. The smallest absolute Gasteiger partial charge is 0.321 e. The van der Waals surface area contributed by atoms with Gasteiger partial charge < -0.3 is 10.2 Å². The van der Waals surface area contributed by atoms with Gasteiger partial charge in [-0.2, -0.15) is 0 Å². The van der Waals surface area contributed by atoms with Gasteiger partial charge in [-0.25, -0.2) is 4.79 Å². The van der Waals surface area contributed by atoms with E-state index in [0.29, 0.717) is 0 Å². The molecule has 2 aliphatic rings. The van der Waals surface area contributed by atoms with Crippen molar-refractivity contribution < 1.29 is 14.4 Å². The molecule has 1 aliphatic heterocycles. The third-order valence-electron chi connectivity index (χ3n) is 4.13. The number of nitrogens with one attached hydrogen (secondary N) is 2. The molecule has 0 bridgehead atoms. The molecule has 1 saturated heterocycles. The van der Waals surface area contributed by atoms with Crippen LogP contribution in [0.2, 0.25) is 0 Å². The van der Waals surface area contributed by atoms with E-state index in [1.165, 1.54) is 0 Å². The van der Waals surface area contributed by atoms with Crippen LogP contribution in [0.15, 0.2) is 0 Å². The van der Waals surface area contributed by atoms with E-state index in [1.807, 2.05) is 11.9 Å². The number of carbonyl (C=O) groups is 3. The van der Waals surface area contributed by atoms with Crippen molar-refractivity contribution in [3.8, 4) is 0 Å². The maximum absolute atomic E-state index is 11.8. The van der Waals surface area contributed by atoms with Gasteiger partial charge in [-0.15, -0.1) is 0 Å². The highest BCUT2D eigenvalue weighted by atomic mass is 16.2. The van der Waals surface area contributed by atoms with Gasteiger partial charge in [-0.3, -0.25) is 19.8 Å². The van der Waals surface area contributed by atoms with Gasteiger partial charge >= 0.3 is 6.03 Å². The molecule has 1 heterocycles. The van der Waals surface area contributed by atoms with Crippen molar-refractivity contribution in [2.24, 2.45) is 0 Å². The molecule has 0 aromatic carbocycles. The molecule has 7 nitrogen and oxygen atoms in total. The summed E-state index contributed by atoms with van der Waals surface area (Å²) in [6.07, 6.45) is 3.72. The van der Waals surface area contributed by atoms with Crippen LogP contribution in [0.3, 0.4) is 0 Å². The first kappa shape index (κ1) is 15.8. The molecule has 0 spiro atoms. The molecular formula is C14H24N4O3. The van der Waals surface area contributed by atoms with Gasteiger partial charge in [0.1, 0.15) is 0 Å². The summed E-state index contributed by atoms with van der Waals surface area (Å²) in [5.74, 6) is -0.200. The number of rotatable bonds is 4. The third-order valence-corrected chi connectivity index (χ3v) is 4.13. The average Bonchev–Trinajstić information content (AvgIpc) is 3.22. The van der Waals surface area contributed by atoms with Crippen molar-refractivity contribution in [1.29, 1.82) is 0 Å². The highest BCUT2D eigenvalue weighted by Crippen LogP contribution is 2.18. The second kappa shape index (κ2) is 6.89. The van der Waals surface area contributed by atoms with E-state index < -0.39 is 6.03 Å². The van der Waals surface area contributed by atoms with Crippen molar-refractivity contribution >= 4 is 17.8 Å². The topological polar surface area (TPSA) is 81.8 Å². The van der Waals surface area contributed by atoms with Crippen molar-refractivity contribution in [3.05, 3.63) is 0 Å². The first-order chi connectivity index (χ1) is 9.95. The quantitative estimate of drug-likeness (QED) is 0.760. The number of hydrogen-bond donors (Lipinski definition) is 2. The Kier molecular flexibility index (Phi) is 5.17. The Bertz CT molecular complexity index is 414. The highest BCUT2D eigenvalue weighted by molar-refractivity contribution is 5.95. The molecule has 21 heavy (non-hydrogen) atoms. The second-order valence-electron chi connectivity index (χ2n) is 5.93. The van der Waals surface area contributed by atoms with Gasteiger partial charge in [0.15, 0.2) is 0 Å². The number of likely N-dealkylation sites (tertiary alicyclic amines) is 1. The Hall–Kier alpha value is -1.63. The average molecular weight is 296 g/mol. The maximum atomic E-state index is 11.8. The summed E-state index contributed by atoms with van der Waals surface area (Å²) >= 11 is 0. The predicted octanol–water partition coefficient (Wildman–Crippen LogP) is -0.0827. The molecule has 0 aromatic rings. The number of urea groups is 1. The van der Waals surface area contributed by atoms with E-state index >= 15 is 0 Å². The standard InChI is InChI=1S/C14H24N4O3/c1-10(19)17(2)12-5-7-18(8-6-12)9-13(20)16-14(21)15-11-3-4-11/h11-12H,3-9H2,1-2H3,(H2,15,16,20,21). The lowest BCUT2D eigenvalue weighted by molar-refractivity contribution is -0.131. The van der Waals surface area contributed by atoms with E-state index in [0.717, 1.165) is 38.8 Å². The summed E-state index contributed by atoms with van der Waals surface area (Å²) in [7, 11) is 1.82. The van der Waals surface area contributed by atoms with E-state index in [2.05, 4.69) is 10.6 Å². The van der Waals surface area contributed by atoms with Crippen LogP contribution in [0.1, 0.15) is 32.6 Å². The molecule has 0 atom stereocenters. The van der Waals surface area contributed by atoms with Crippen molar-refractivity contribution in [3.63, 3.8) is 0 Å². The minimum absolute atomic E-state index is 0.0722. The van der Waals surface area contributed by atoms with Gasteiger partial charge in [0.2, 0.25) is 11.8 Å². The first-order valence-corrected chi connectivity index (χ1v) is 7.52. The zero-order valence-corrected chi connectivity index (χ0v) is 12.7. The normalized spacial score (nSPS) is 19.9. The fourth-order valence-electron chi connectivity index (χ4n) is 2.54. The third kappa shape index (κ3) is 5.00. The van der Waals surface area contributed by atoms with Crippen molar-refractivity contribution in [2.45, 2.75) is 44.7 Å². The first-order valence-electron chi connectivity index (χ1n) is 7.52. The molecule has 0 radical (unpaired) electrons. The van der Waals surface area contributed by atoms with Crippen LogP contribution in [0.4, 0.5) is 4.79 Å². The number of amides is 4. The van der Waals surface area contributed by atoms with Crippen LogP contribution >= 0.6 is 0 Å². The monoisotopic (exact) mass is 296 g/mol. The van der Waals surface area contributed by atoms with Gasteiger partial charge in [0.25, 0.3) is 0 Å². The number of imide groups is 1. The molecule has 2 rings (SSSR count). The van der Waals surface area contributed by atoms with Gasteiger partial charge in [0, 0.05) is 39.1 Å². The van der Waals surface area contributed by atoms with E-state index in [-0.39, 0.29) is 30.4 Å². The lowest BCUT2D eigenvalue weighted by atomic mass is 10.0. The lowest BCUT2D eigenvalue weighted by Gasteiger charge is -2.35. The number of hydrogen-bond acceptors (Lipinski definition) is 4. The number of carbonyl (C=O) groups excluding carboxylic acids is 3. The summed E-state index contributed by atoms with van der Waals surface area (Å²) < 4.78 is 0.